The van der Waals surface area contributed by atoms with Gasteiger partial charge < -0.3 is 10.4 Å². The van der Waals surface area contributed by atoms with Crippen molar-refractivity contribution in [3.8, 4) is 0 Å². The fraction of sp³-hybridized carbons (Fsp3) is 0.318. The van der Waals surface area contributed by atoms with Crippen molar-refractivity contribution < 1.29 is 14.7 Å². The number of amides is 2. The lowest BCUT2D eigenvalue weighted by Crippen LogP contribution is -2.31. The van der Waals surface area contributed by atoms with Crippen molar-refractivity contribution >= 4 is 28.8 Å². The van der Waals surface area contributed by atoms with Gasteiger partial charge in [0, 0.05) is 5.39 Å². The van der Waals surface area contributed by atoms with Crippen LogP contribution in [0.15, 0.2) is 42.5 Å². The van der Waals surface area contributed by atoms with Crippen molar-refractivity contribution in [3.05, 3.63) is 59.2 Å². The van der Waals surface area contributed by atoms with E-state index in [1.807, 2.05) is 0 Å². The average Bonchev–Trinajstić information content (AvgIpc) is 3.23. The van der Waals surface area contributed by atoms with Crippen molar-refractivity contribution in [2.24, 2.45) is 0 Å². The largest absolute Gasteiger partial charge is 0.463 e. The summed E-state index contributed by atoms with van der Waals surface area (Å²) in [5.74, 6) is 0.224. The van der Waals surface area contributed by atoms with Crippen molar-refractivity contribution in [2.45, 2.75) is 45.1 Å². The molecule has 1 heterocycles. The molecule has 3 N–H and O–H groups in total. The molecule has 0 saturated heterocycles. The summed E-state index contributed by atoms with van der Waals surface area (Å²) < 4.78 is 0.865. The molecule has 7 heteroatoms. The topological polar surface area (TPSA) is 96.3 Å². The maximum atomic E-state index is 12.6. The molecule has 0 aliphatic heterocycles. The summed E-state index contributed by atoms with van der Waals surface area (Å²) in [7, 11) is 0. The first-order valence-electron chi connectivity index (χ1n) is 9.66. The lowest BCUT2D eigenvalue weighted by molar-refractivity contribution is 0.194. The van der Waals surface area contributed by atoms with Crippen LogP contribution in [0.2, 0.25) is 0 Å². The second-order valence-electron chi connectivity index (χ2n) is 8.41. The number of hydrogen-bond donors (Lipinski definition) is 3. The normalized spacial score (nSPS) is 15.9. The number of nitrogens with zero attached hydrogens (tertiary/aromatic N) is 2. The molecule has 1 aromatic heterocycles. The molecule has 29 heavy (non-hydrogen) atoms. The summed E-state index contributed by atoms with van der Waals surface area (Å²) in [6, 6.07) is 12.9. The van der Waals surface area contributed by atoms with Gasteiger partial charge in [0.05, 0.1) is 11.6 Å². The molecule has 2 amide bonds. The highest BCUT2D eigenvalue weighted by atomic mass is 16.4. The zero-order valence-corrected chi connectivity index (χ0v) is 16.7. The number of nitrogens with one attached hydrogen (secondary N) is 2. The highest BCUT2D eigenvalue weighted by Gasteiger charge is 2.26. The van der Waals surface area contributed by atoms with Gasteiger partial charge in [-0.2, -0.15) is 4.68 Å². The van der Waals surface area contributed by atoms with Gasteiger partial charge in [0.2, 0.25) is 0 Å². The second-order valence-corrected chi connectivity index (χ2v) is 8.41. The minimum absolute atomic E-state index is 0.0770. The second kappa shape index (κ2) is 6.92. The Morgan fingerprint density at radius 3 is 2.66 bits per heavy atom. The number of carboxylic acid groups (broad SMARTS) is 1. The van der Waals surface area contributed by atoms with Gasteiger partial charge in [0.15, 0.2) is 5.82 Å². The van der Waals surface area contributed by atoms with E-state index >= 15 is 0 Å². The van der Waals surface area contributed by atoms with Gasteiger partial charge >= 0.3 is 12.1 Å². The molecule has 0 fully saturated rings. The predicted octanol–water partition coefficient (Wildman–Crippen LogP) is 4.67. The van der Waals surface area contributed by atoms with Gasteiger partial charge in [-0.1, -0.05) is 51.1 Å². The number of para-hydroxylation sites is 1. The standard InChI is InChI=1S/C22H24N4O3/c1-22(2,3)14-9-10-15-13(12-14)8-11-17(15)23-20(27)24-19-16-6-4-5-7-18(16)26(25-19)21(28)29/h4-7,9-10,12,17H,8,11H2,1-3H3,(H,28,29)(H2,23,24,25,27). The van der Waals surface area contributed by atoms with Crippen LogP contribution in [0.4, 0.5) is 15.4 Å². The molecule has 3 aromatic rings. The SMILES string of the molecule is CC(C)(C)c1ccc2c(c1)CCC2NC(=O)Nc1nn(C(=O)O)c2ccccc12. The summed E-state index contributed by atoms with van der Waals surface area (Å²) >= 11 is 0. The van der Waals surface area contributed by atoms with Crippen molar-refractivity contribution in [1.29, 1.82) is 0 Å². The fourth-order valence-corrected chi connectivity index (χ4v) is 3.84. The molecule has 1 unspecified atom stereocenters. The maximum absolute atomic E-state index is 12.6. The van der Waals surface area contributed by atoms with E-state index in [2.05, 4.69) is 54.7 Å². The third-order valence-corrected chi connectivity index (χ3v) is 5.39. The Balaban J connectivity index is 1.53. The first-order chi connectivity index (χ1) is 13.7. The number of rotatable bonds is 2. The van der Waals surface area contributed by atoms with E-state index in [0.717, 1.165) is 23.1 Å². The van der Waals surface area contributed by atoms with E-state index in [0.29, 0.717) is 10.9 Å². The molecule has 150 valence electrons. The van der Waals surface area contributed by atoms with E-state index in [9.17, 15) is 14.7 Å². The minimum Gasteiger partial charge on any atom is -0.463 e. The summed E-state index contributed by atoms with van der Waals surface area (Å²) in [5, 5.41) is 19.6. The maximum Gasteiger partial charge on any atom is 0.432 e. The lowest BCUT2D eigenvalue weighted by Gasteiger charge is -2.21. The van der Waals surface area contributed by atoms with Crippen LogP contribution in [-0.2, 0) is 11.8 Å². The first-order valence-corrected chi connectivity index (χ1v) is 9.66. The third-order valence-electron chi connectivity index (χ3n) is 5.39. The van der Waals surface area contributed by atoms with Crippen LogP contribution in [-0.4, -0.2) is 27.0 Å². The van der Waals surface area contributed by atoms with Crippen LogP contribution < -0.4 is 10.6 Å². The van der Waals surface area contributed by atoms with Gasteiger partial charge in [-0.3, -0.25) is 5.32 Å². The number of aryl methyl sites for hydroxylation is 1. The summed E-state index contributed by atoms with van der Waals surface area (Å²) in [5.41, 5.74) is 4.20. The summed E-state index contributed by atoms with van der Waals surface area (Å²) in [6.45, 7) is 6.56. The molecule has 0 bridgehead atoms. The number of anilines is 1. The van der Waals surface area contributed by atoms with E-state index in [1.165, 1.54) is 11.1 Å². The van der Waals surface area contributed by atoms with Crippen LogP contribution in [0.3, 0.4) is 0 Å². The Bertz CT molecular complexity index is 1110. The zero-order chi connectivity index (χ0) is 20.8. The highest BCUT2D eigenvalue weighted by molar-refractivity contribution is 6.01. The fourth-order valence-electron chi connectivity index (χ4n) is 3.84. The smallest absolute Gasteiger partial charge is 0.432 e. The molecule has 0 spiro atoms. The molecule has 1 aliphatic carbocycles. The Hall–Kier alpha value is -3.35. The van der Waals surface area contributed by atoms with E-state index in [-0.39, 0.29) is 17.3 Å². The molecule has 1 aliphatic rings. The van der Waals surface area contributed by atoms with Crippen LogP contribution in [0.25, 0.3) is 10.9 Å². The van der Waals surface area contributed by atoms with Crippen molar-refractivity contribution in [3.63, 3.8) is 0 Å². The predicted molar refractivity (Wildman–Crippen MR) is 112 cm³/mol. The van der Waals surface area contributed by atoms with E-state index in [4.69, 9.17) is 0 Å². The van der Waals surface area contributed by atoms with Crippen LogP contribution in [0, 0.1) is 0 Å². The molecular weight excluding hydrogens is 368 g/mol. The van der Waals surface area contributed by atoms with Gasteiger partial charge in [0.25, 0.3) is 0 Å². The van der Waals surface area contributed by atoms with Crippen LogP contribution in [0.5, 0.6) is 0 Å². The summed E-state index contributed by atoms with van der Waals surface area (Å²) in [6.07, 6.45) is 0.551. The Morgan fingerprint density at radius 2 is 1.93 bits per heavy atom. The molecule has 0 radical (unpaired) electrons. The Labute approximate surface area is 168 Å². The average molecular weight is 392 g/mol. The van der Waals surface area contributed by atoms with Crippen LogP contribution >= 0.6 is 0 Å². The number of hydrogen-bond acceptors (Lipinski definition) is 3. The monoisotopic (exact) mass is 392 g/mol. The van der Waals surface area contributed by atoms with Gasteiger partial charge in [0.1, 0.15) is 0 Å². The lowest BCUT2D eigenvalue weighted by atomic mass is 9.85. The molecular formula is C22H24N4O3. The minimum atomic E-state index is -1.20. The number of aromatic nitrogens is 2. The van der Waals surface area contributed by atoms with Crippen molar-refractivity contribution in [1.82, 2.24) is 15.1 Å². The quantitative estimate of drug-likeness (QED) is 0.590. The zero-order valence-electron chi connectivity index (χ0n) is 16.7. The Morgan fingerprint density at radius 1 is 1.17 bits per heavy atom. The van der Waals surface area contributed by atoms with Gasteiger partial charge in [-0.05, 0) is 47.1 Å². The number of benzene rings is 2. The van der Waals surface area contributed by atoms with Gasteiger partial charge in [-0.15, -0.1) is 5.10 Å². The molecule has 1 atom stereocenters. The van der Waals surface area contributed by atoms with Gasteiger partial charge in [-0.25, -0.2) is 9.59 Å². The molecule has 0 saturated carbocycles. The number of fused-ring (bicyclic) bond motifs is 2. The van der Waals surface area contributed by atoms with E-state index in [1.54, 1.807) is 24.3 Å². The Kier molecular flexibility index (Phi) is 4.53. The number of carbonyl (C=O) groups is 2. The number of carbonyl (C=O) groups excluding carboxylic acids is 1. The number of urea groups is 1. The third kappa shape index (κ3) is 3.55. The molecule has 2 aromatic carbocycles. The van der Waals surface area contributed by atoms with Crippen molar-refractivity contribution in [2.75, 3.05) is 5.32 Å². The van der Waals surface area contributed by atoms with Crippen LogP contribution in [0.1, 0.15) is 49.9 Å². The molecule has 7 nitrogen and oxygen atoms in total. The summed E-state index contributed by atoms with van der Waals surface area (Å²) in [4.78, 5) is 24.0. The highest BCUT2D eigenvalue weighted by Crippen LogP contribution is 2.34. The van der Waals surface area contributed by atoms with E-state index < -0.39 is 12.1 Å². The molecule has 4 rings (SSSR count). The first kappa shape index (κ1) is 19.0.